The van der Waals surface area contributed by atoms with Gasteiger partial charge in [-0.1, -0.05) is 45.0 Å². The highest BCUT2D eigenvalue weighted by atomic mass is 16.5. The lowest BCUT2D eigenvalue weighted by molar-refractivity contribution is -0.142. The SMILES string of the molecule is COC(=O)C[C@@H](O)c1ccc(C(C)(C)C)cc1. The number of hydrogen-bond acceptors (Lipinski definition) is 3. The summed E-state index contributed by atoms with van der Waals surface area (Å²) in [5.41, 5.74) is 2.03. The molecule has 0 spiro atoms. The van der Waals surface area contributed by atoms with Gasteiger partial charge in [-0.3, -0.25) is 4.79 Å². The first-order valence-electron chi connectivity index (χ1n) is 5.70. The van der Waals surface area contributed by atoms with Crippen LogP contribution < -0.4 is 0 Å². The van der Waals surface area contributed by atoms with Gasteiger partial charge in [-0.05, 0) is 16.5 Å². The minimum absolute atomic E-state index is 0.00857. The van der Waals surface area contributed by atoms with Gasteiger partial charge >= 0.3 is 5.97 Å². The Morgan fingerprint density at radius 2 is 1.82 bits per heavy atom. The Bertz CT molecular complexity index is 373. The molecule has 1 aromatic carbocycles. The van der Waals surface area contributed by atoms with Gasteiger partial charge in [0.15, 0.2) is 0 Å². The molecule has 0 aliphatic rings. The second-order valence-corrected chi connectivity index (χ2v) is 5.17. The predicted molar refractivity (Wildman–Crippen MR) is 66.7 cm³/mol. The first-order valence-corrected chi connectivity index (χ1v) is 5.70. The molecule has 94 valence electrons. The van der Waals surface area contributed by atoms with Crippen LogP contribution in [0, 0.1) is 0 Å². The highest BCUT2D eigenvalue weighted by molar-refractivity contribution is 5.70. The number of esters is 1. The summed E-state index contributed by atoms with van der Waals surface area (Å²) in [6.07, 6.45) is -0.804. The van der Waals surface area contributed by atoms with E-state index in [-0.39, 0.29) is 11.8 Å². The van der Waals surface area contributed by atoms with Crippen LogP contribution in [0.5, 0.6) is 0 Å². The summed E-state index contributed by atoms with van der Waals surface area (Å²) >= 11 is 0. The number of rotatable bonds is 3. The molecule has 1 rings (SSSR count). The van der Waals surface area contributed by atoms with Crippen LogP contribution in [0.1, 0.15) is 44.4 Å². The Morgan fingerprint density at radius 1 is 1.29 bits per heavy atom. The van der Waals surface area contributed by atoms with Crippen LogP contribution in [-0.4, -0.2) is 18.2 Å². The Hall–Kier alpha value is -1.35. The van der Waals surface area contributed by atoms with Crippen molar-refractivity contribution in [1.82, 2.24) is 0 Å². The number of carbonyl (C=O) groups is 1. The molecular weight excluding hydrogens is 216 g/mol. The maximum Gasteiger partial charge on any atom is 0.308 e. The zero-order valence-corrected chi connectivity index (χ0v) is 10.9. The van der Waals surface area contributed by atoms with Crippen molar-refractivity contribution in [2.24, 2.45) is 0 Å². The molecule has 0 aromatic heterocycles. The Morgan fingerprint density at radius 3 is 2.24 bits per heavy atom. The molecule has 0 heterocycles. The molecule has 1 aromatic rings. The zero-order chi connectivity index (χ0) is 13.1. The fraction of sp³-hybridized carbons (Fsp3) is 0.500. The van der Waals surface area contributed by atoms with Crippen LogP contribution in [0.25, 0.3) is 0 Å². The van der Waals surface area contributed by atoms with E-state index in [0.717, 1.165) is 5.56 Å². The van der Waals surface area contributed by atoms with E-state index >= 15 is 0 Å². The van der Waals surface area contributed by atoms with Crippen LogP contribution in [0.3, 0.4) is 0 Å². The van der Waals surface area contributed by atoms with Gasteiger partial charge in [-0.2, -0.15) is 0 Å². The van der Waals surface area contributed by atoms with Gasteiger partial charge < -0.3 is 9.84 Å². The van der Waals surface area contributed by atoms with E-state index in [4.69, 9.17) is 0 Å². The molecule has 3 heteroatoms. The maximum absolute atomic E-state index is 11.0. The molecule has 0 unspecified atom stereocenters. The third kappa shape index (κ3) is 3.86. The van der Waals surface area contributed by atoms with Crippen LogP contribution >= 0.6 is 0 Å². The van der Waals surface area contributed by atoms with E-state index in [1.807, 2.05) is 24.3 Å². The van der Waals surface area contributed by atoms with Crippen molar-refractivity contribution < 1.29 is 14.6 Å². The highest BCUT2D eigenvalue weighted by Gasteiger charge is 2.16. The summed E-state index contributed by atoms with van der Waals surface area (Å²) in [6, 6.07) is 7.67. The Labute approximate surface area is 102 Å². The highest BCUT2D eigenvalue weighted by Crippen LogP contribution is 2.24. The summed E-state index contributed by atoms with van der Waals surface area (Å²) < 4.78 is 4.52. The summed E-state index contributed by atoms with van der Waals surface area (Å²) in [5.74, 6) is -0.405. The minimum atomic E-state index is -0.795. The van der Waals surface area contributed by atoms with Crippen molar-refractivity contribution in [1.29, 1.82) is 0 Å². The second kappa shape index (κ2) is 5.32. The van der Waals surface area contributed by atoms with E-state index in [0.29, 0.717) is 0 Å². The van der Waals surface area contributed by atoms with Crippen molar-refractivity contribution in [3.05, 3.63) is 35.4 Å². The van der Waals surface area contributed by atoms with Crippen molar-refractivity contribution in [3.8, 4) is 0 Å². The number of methoxy groups -OCH3 is 1. The first-order chi connectivity index (χ1) is 7.84. The van der Waals surface area contributed by atoms with Gasteiger partial charge in [-0.15, -0.1) is 0 Å². The zero-order valence-electron chi connectivity index (χ0n) is 10.9. The van der Waals surface area contributed by atoms with Gasteiger partial charge in [0.05, 0.1) is 19.6 Å². The molecule has 0 amide bonds. The molecule has 0 saturated carbocycles. The van der Waals surface area contributed by atoms with Gasteiger partial charge in [0.2, 0.25) is 0 Å². The van der Waals surface area contributed by atoms with Crippen molar-refractivity contribution >= 4 is 5.97 Å². The Balaban J connectivity index is 2.77. The molecule has 0 saturated heterocycles. The van der Waals surface area contributed by atoms with Crippen molar-refractivity contribution in [2.75, 3.05) is 7.11 Å². The lowest BCUT2D eigenvalue weighted by Gasteiger charge is -2.19. The van der Waals surface area contributed by atoms with Crippen LogP contribution in [0.4, 0.5) is 0 Å². The normalized spacial score (nSPS) is 13.2. The average molecular weight is 236 g/mol. The number of ether oxygens (including phenoxy) is 1. The number of carbonyl (C=O) groups excluding carboxylic acids is 1. The van der Waals surface area contributed by atoms with E-state index in [9.17, 15) is 9.90 Å². The number of aliphatic hydroxyl groups is 1. The van der Waals surface area contributed by atoms with E-state index in [2.05, 4.69) is 25.5 Å². The molecule has 17 heavy (non-hydrogen) atoms. The van der Waals surface area contributed by atoms with Crippen LogP contribution in [0.15, 0.2) is 24.3 Å². The number of aliphatic hydroxyl groups excluding tert-OH is 1. The van der Waals surface area contributed by atoms with Gasteiger partial charge in [0.25, 0.3) is 0 Å². The van der Waals surface area contributed by atoms with Crippen molar-refractivity contribution in [2.45, 2.75) is 38.7 Å². The summed E-state index contributed by atoms with van der Waals surface area (Å²) in [4.78, 5) is 11.0. The molecule has 1 N–H and O–H groups in total. The van der Waals surface area contributed by atoms with E-state index in [1.54, 1.807) is 0 Å². The monoisotopic (exact) mass is 236 g/mol. The molecule has 0 radical (unpaired) electrons. The van der Waals surface area contributed by atoms with Crippen LogP contribution in [0.2, 0.25) is 0 Å². The molecule has 0 aliphatic carbocycles. The largest absolute Gasteiger partial charge is 0.469 e. The number of hydrogen-bond donors (Lipinski definition) is 1. The fourth-order valence-electron chi connectivity index (χ4n) is 1.56. The molecule has 0 fully saturated rings. The summed E-state index contributed by atoms with van der Waals surface area (Å²) in [5, 5.41) is 9.81. The quantitative estimate of drug-likeness (QED) is 0.820. The Kier molecular flexibility index (Phi) is 4.29. The smallest absolute Gasteiger partial charge is 0.308 e. The van der Waals surface area contributed by atoms with Crippen LogP contribution in [-0.2, 0) is 14.9 Å². The first kappa shape index (κ1) is 13.7. The molecule has 1 atom stereocenters. The molecule has 3 nitrogen and oxygen atoms in total. The third-order valence-corrected chi connectivity index (χ3v) is 2.75. The van der Waals surface area contributed by atoms with E-state index in [1.165, 1.54) is 12.7 Å². The standard InChI is InChI=1S/C14H20O3/c1-14(2,3)11-7-5-10(6-8-11)12(15)9-13(16)17-4/h5-8,12,15H,9H2,1-4H3/t12-/m1/s1. The average Bonchev–Trinajstić information content (AvgIpc) is 2.27. The summed E-state index contributed by atoms with van der Waals surface area (Å²) in [6.45, 7) is 6.40. The van der Waals surface area contributed by atoms with Crippen molar-refractivity contribution in [3.63, 3.8) is 0 Å². The minimum Gasteiger partial charge on any atom is -0.469 e. The molecular formula is C14H20O3. The second-order valence-electron chi connectivity index (χ2n) is 5.17. The summed E-state index contributed by atoms with van der Waals surface area (Å²) in [7, 11) is 1.32. The third-order valence-electron chi connectivity index (χ3n) is 2.75. The predicted octanol–water partition coefficient (Wildman–Crippen LogP) is 2.58. The molecule has 0 aliphatic heterocycles. The lowest BCUT2D eigenvalue weighted by atomic mass is 9.86. The maximum atomic E-state index is 11.0. The van der Waals surface area contributed by atoms with Gasteiger partial charge in [0.1, 0.15) is 0 Å². The molecule has 0 bridgehead atoms. The fourth-order valence-corrected chi connectivity index (χ4v) is 1.56. The lowest BCUT2D eigenvalue weighted by Crippen LogP contribution is -2.12. The van der Waals surface area contributed by atoms with E-state index < -0.39 is 12.1 Å². The topological polar surface area (TPSA) is 46.5 Å². The van der Waals surface area contributed by atoms with Gasteiger partial charge in [-0.25, -0.2) is 0 Å². The van der Waals surface area contributed by atoms with Gasteiger partial charge in [0, 0.05) is 0 Å². The number of benzene rings is 1.